The Bertz CT molecular complexity index is 548. The maximum atomic E-state index is 6.18. The quantitative estimate of drug-likeness (QED) is 0.831. The zero-order chi connectivity index (χ0) is 14.5. The van der Waals surface area contributed by atoms with Crippen molar-refractivity contribution < 1.29 is 0 Å². The van der Waals surface area contributed by atoms with Crippen LogP contribution in [0, 0.1) is 0 Å². The van der Waals surface area contributed by atoms with Crippen LogP contribution in [0.25, 0.3) is 0 Å². The van der Waals surface area contributed by atoms with E-state index in [1.54, 1.807) is 0 Å². The third-order valence-corrected chi connectivity index (χ3v) is 3.84. The third-order valence-electron chi connectivity index (χ3n) is 3.16. The minimum absolute atomic E-state index is 0.104. The Morgan fingerprint density at radius 1 is 1.35 bits per heavy atom. The third kappa shape index (κ3) is 3.62. The number of aromatic nitrogens is 2. The van der Waals surface area contributed by atoms with Crippen LogP contribution < -0.4 is 5.32 Å². The van der Waals surface area contributed by atoms with Crippen LogP contribution >= 0.6 is 27.5 Å². The van der Waals surface area contributed by atoms with Gasteiger partial charge in [0.25, 0.3) is 0 Å². The molecule has 3 nitrogen and oxygen atoms in total. The van der Waals surface area contributed by atoms with E-state index in [-0.39, 0.29) is 6.04 Å². The van der Waals surface area contributed by atoms with Crippen LogP contribution in [-0.2, 0) is 6.54 Å². The Kier molecular flexibility index (Phi) is 5.64. The Labute approximate surface area is 133 Å². The van der Waals surface area contributed by atoms with Gasteiger partial charge in [0, 0.05) is 22.2 Å². The normalized spacial score (nSPS) is 12.6. The Balaban J connectivity index is 2.41. The summed E-state index contributed by atoms with van der Waals surface area (Å²) in [4.78, 5) is 0. The molecule has 0 aliphatic carbocycles. The van der Waals surface area contributed by atoms with E-state index in [0.29, 0.717) is 0 Å². The van der Waals surface area contributed by atoms with Gasteiger partial charge in [-0.25, -0.2) is 0 Å². The van der Waals surface area contributed by atoms with Crippen molar-refractivity contribution in [2.45, 2.75) is 32.9 Å². The molecule has 1 aromatic carbocycles. The lowest BCUT2D eigenvalue weighted by Crippen LogP contribution is -2.25. The second-order valence-corrected chi connectivity index (χ2v) is 6.01. The minimum Gasteiger partial charge on any atom is -0.305 e. The van der Waals surface area contributed by atoms with Gasteiger partial charge in [0.2, 0.25) is 0 Å². The first-order valence-electron chi connectivity index (χ1n) is 6.86. The minimum atomic E-state index is 0.104. The average molecular weight is 357 g/mol. The van der Waals surface area contributed by atoms with E-state index in [1.807, 2.05) is 23.0 Å². The van der Waals surface area contributed by atoms with Crippen molar-refractivity contribution in [1.29, 1.82) is 0 Å². The monoisotopic (exact) mass is 355 g/mol. The maximum Gasteiger partial charge on any atom is 0.0749 e. The maximum absolute atomic E-state index is 6.18. The molecule has 0 aliphatic rings. The van der Waals surface area contributed by atoms with E-state index in [4.69, 9.17) is 11.6 Å². The molecule has 0 spiro atoms. The molecule has 0 aliphatic heterocycles. The van der Waals surface area contributed by atoms with Gasteiger partial charge in [-0.15, -0.1) is 0 Å². The standard InChI is InChI=1S/C15H19BrClN3/c1-3-6-18-15(14-5-7-19-20(14)4-2)11-8-12(16)10-13(17)9-11/h5,7-10,15,18H,3-4,6H2,1-2H3. The average Bonchev–Trinajstić information content (AvgIpc) is 2.86. The number of halogens is 2. The fourth-order valence-electron chi connectivity index (χ4n) is 2.28. The molecule has 0 saturated heterocycles. The van der Waals surface area contributed by atoms with Gasteiger partial charge in [-0.1, -0.05) is 34.5 Å². The number of benzene rings is 1. The highest BCUT2D eigenvalue weighted by Gasteiger charge is 2.18. The van der Waals surface area contributed by atoms with Gasteiger partial charge < -0.3 is 5.32 Å². The molecule has 0 bridgehead atoms. The van der Waals surface area contributed by atoms with Crippen LogP contribution in [0.5, 0.6) is 0 Å². The molecule has 5 heteroatoms. The van der Waals surface area contributed by atoms with Crippen molar-refractivity contribution in [3.63, 3.8) is 0 Å². The predicted molar refractivity (Wildman–Crippen MR) is 87.2 cm³/mol. The number of nitrogens with one attached hydrogen (secondary N) is 1. The smallest absolute Gasteiger partial charge is 0.0749 e. The van der Waals surface area contributed by atoms with Crippen LogP contribution in [0.1, 0.15) is 37.6 Å². The molecule has 0 amide bonds. The largest absolute Gasteiger partial charge is 0.305 e. The summed E-state index contributed by atoms with van der Waals surface area (Å²) in [7, 11) is 0. The molecule has 0 fully saturated rings. The van der Waals surface area contributed by atoms with Gasteiger partial charge in [-0.2, -0.15) is 5.10 Å². The zero-order valence-corrected chi connectivity index (χ0v) is 14.1. The summed E-state index contributed by atoms with van der Waals surface area (Å²) in [6.45, 7) is 6.06. The summed E-state index contributed by atoms with van der Waals surface area (Å²) in [5.41, 5.74) is 2.31. The topological polar surface area (TPSA) is 29.9 Å². The second kappa shape index (κ2) is 7.25. The SMILES string of the molecule is CCCNC(c1cc(Cl)cc(Br)c1)c1ccnn1CC. The highest BCUT2D eigenvalue weighted by molar-refractivity contribution is 9.10. The van der Waals surface area contributed by atoms with E-state index < -0.39 is 0 Å². The van der Waals surface area contributed by atoms with E-state index in [0.717, 1.165) is 40.3 Å². The first kappa shape index (κ1) is 15.5. The summed E-state index contributed by atoms with van der Waals surface area (Å²) >= 11 is 9.70. The van der Waals surface area contributed by atoms with Gasteiger partial charge >= 0.3 is 0 Å². The Hall–Kier alpha value is -0.840. The van der Waals surface area contributed by atoms with Gasteiger partial charge in [-0.05, 0) is 49.7 Å². The van der Waals surface area contributed by atoms with Crippen molar-refractivity contribution in [1.82, 2.24) is 15.1 Å². The fraction of sp³-hybridized carbons (Fsp3) is 0.400. The number of nitrogens with zero attached hydrogens (tertiary/aromatic N) is 2. The van der Waals surface area contributed by atoms with Crippen LogP contribution in [-0.4, -0.2) is 16.3 Å². The summed E-state index contributed by atoms with van der Waals surface area (Å²) in [5.74, 6) is 0. The molecular weight excluding hydrogens is 338 g/mol. The van der Waals surface area contributed by atoms with E-state index in [1.165, 1.54) is 0 Å². The Morgan fingerprint density at radius 3 is 2.80 bits per heavy atom. The zero-order valence-electron chi connectivity index (χ0n) is 11.7. The number of rotatable bonds is 6. The molecule has 1 heterocycles. The summed E-state index contributed by atoms with van der Waals surface area (Å²) < 4.78 is 3.01. The lowest BCUT2D eigenvalue weighted by atomic mass is 10.0. The van der Waals surface area contributed by atoms with Crippen LogP contribution in [0.2, 0.25) is 5.02 Å². The highest BCUT2D eigenvalue weighted by atomic mass is 79.9. The fourth-order valence-corrected chi connectivity index (χ4v) is 3.16. The van der Waals surface area contributed by atoms with E-state index in [9.17, 15) is 0 Å². The number of aryl methyl sites for hydroxylation is 1. The van der Waals surface area contributed by atoms with Gasteiger partial charge in [0.05, 0.1) is 11.7 Å². The first-order chi connectivity index (χ1) is 9.65. The Morgan fingerprint density at radius 2 is 2.15 bits per heavy atom. The first-order valence-corrected chi connectivity index (χ1v) is 8.03. The summed E-state index contributed by atoms with van der Waals surface area (Å²) in [6, 6.07) is 8.18. The molecule has 1 atom stereocenters. The predicted octanol–water partition coefficient (Wildman–Crippen LogP) is 4.41. The van der Waals surface area contributed by atoms with Gasteiger partial charge in [0.1, 0.15) is 0 Å². The molecule has 2 aromatic rings. The summed E-state index contributed by atoms with van der Waals surface area (Å²) in [5, 5.41) is 8.68. The summed E-state index contributed by atoms with van der Waals surface area (Å²) in [6.07, 6.45) is 2.93. The molecule has 1 aromatic heterocycles. The van der Waals surface area contributed by atoms with Crippen LogP contribution in [0.3, 0.4) is 0 Å². The molecule has 0 radical (unpaired) electrons. The van der Waals surface area contributed by atoms with Gasteiger partial charge in [-0.3, -0.25) is 4.68 Å². The molecule has 1 unspecified atom stereocenters. The van der Waals surface area contributed by atoms with E-state index >= 15 is 0 Å². The van der Waals surface area contributed by atoms with Crippen LogP contribution in [0.4, 0.5) is 0 Å². The lowest BCUT2D eigenvalue weighted by molar-refractivity contribution is 0.529. The van der Waals surface area contributed by atoms with Crippen molar-refractivity contribution in [3.05, 3.63) is 51.2 Å². The van der Waals surface area contributed by atoms with Crippen molar-refractivity contribution in [3.8, 4) is 0 Å². The second-order valence-electron chi connectivity index (χ2n) is 4.66. The van der Waals surface area contributed by atoms with Crippen molar-refractivity contribution in [2.75, 3.05) is 6.54 Å². The molecular formula is C15H19BrClN3. The van der Waals surface area contributed by atoms with Crippen LogP contribution in [0.15, 0.2) is 34.9 Å². The van der Waals surface area contributed by atoms with Crippen molar-refractivity contribution in [2.24, 2.45) is 0 Å². The lowest BCUT2D eigenvalue weighted by Gasteiger charge is -2.20. The molecule has 2 rings (SSSR count). The van der Waals surface area contributed by atoms with Gasteiger partial charge in [0.15, 0.2) is 0 Å². The van der Waals surface area contributed by atoms with Crippen molar-refractivity contribution >= 4 is 27.5 Å². The molecule has 1 N–H and O–H groups in total. The molecule has 0 saturated carbocycles. The molecule has 108 valence electrons. The number of hydrogen-bond acceptors (Lipinski definition) is 2. The highest BCUT2D eigenvalue weighted by Crippen LogP contribution is 2.28. The number of hydrogen-bond donors (Lipinski definition) is 1. The molecule has 20 heavy (non-hydrogen) atoms. The van der Waals surface area contributed by atoms with E-state index in [2.05, 4.69) is 52.3 Å².